The van der Waals surface area contributed by atoms with Gasteiger partial charge in [-0.3, -0.25) is 24.2 Å². The minimum Gasteiger partial charge on any atom is -0.496 e. The number of anilines is 1. The van der Waals surface area contributed by atoms with Crippen LogP contribution in [0.4, 0.5) is 5.69 Å². The Kier molecular flexibility index (Phi) is 12.6. The summed E-state index contributed by atoms with van der Waals surface area (Å²) in [4.78, 5) is 55.3. The first-order valence-electron chi connectivity index (χ1n) is 20.0. The number of nitrogens with zero attached hydrogens (tertiary/aromatic N) is 4. The number of hydrogen-bond donors (Lipinski definition) is 4. The predicted octanol–water partition coefficient (Wildman–Crippen LogP) is 3.91. The Morgan fingerprint density at radius 1 is 1.07 bits per heavy atom. The number of benzene rings is 2. The summed E-state index contributed by atoms with van der Waals surface area (Å²) in [6, 6.07) is 13.2. The van der Waals surface area contributed by atoms with Gasteiger partial charge in [0.1, 0.15) is 23.9 Å². The van der Waals surface area contributed by atoms with Crippen molar-refractivity contribution in [1.82, 2.24) is 25.6 Å². The molecule has 3 aliphatic carbocycles. The number of aliphatic hydroxyl groups excluding tert-OH is 2. The number of para-hydroxylation sites is 1. The third kappa shape index (κ3) is 8.53. The molecule has 0 radical (unpaired) electrons. The van der Waals surface area contributed by atoms with Gasteiger partial charge in [-0.25, -0.2) is 0 Å². The van der Waals surface area contributed by atoms with E-state index in [9.17, 15) is 24.6 Å². The Labute approximate surface area is 336 Å². The number of aromatic nitrogens is 1. The quantitative estimate of drug-likeness (QED) is 0.189. The van der Waals surface area contributed by atoms with Crippen LogP contribution in [0.25, 0.3) is 11.1 Å². The summed E-state index contributed by atoms with van der Waals surface area (Å²) in [7, 11) is 8.67. The van der Waals surface area contributed by atoms with Crippen LogP contribution in [0.15, 0.2) is 60.9 Å². The fourth-order valence-corrected chi connectivity index (χ4v) is 9.49. The van der Waals surface area contributed by atoms with E-state index >= 15 is 0 Å². The molecule has 3 amide bonds. The molecular weight excluding hydrogens is 725 g/mol. The monoisotopic (exact) mass is 784 g/mol. The molecule has 308 valence electrons. The number of nitrogens with one attached hydrogen (secondary N) is 2. The third-order valence-corrected chi connectivity index (χ3v) is 12.9. The Morgan fingerprint density at radius 3 is 2.39 bits per heavy atom. The zero-order chi connectivity index (χ0) is 41.3. The van der Waals surface area contributed by atoms with Crippen molar-refractivity contribution in [2.45, 2.75) is 83.8 Å². The number of pyridine rings is 1. The van der Waals surface area contributed by atoms with Crippen molar-refractivity contribution < 1.29 is 34.2 Å². The van der Waals surface area contributed by atoms with Crippen LogP contribution < -0.4 is 20.3 Å². The highest BCUT2D eigenvalue weighted by Crippen LogP contribution is 2.61. The van der Waals surface area contributed by atoms with Gasteiger partial charge in [-0.2, -0.15) is 5.06 Å². The first-order valence-corrected chi connectivity index (χ1v) is 20.0. The number of hydrogen-bond acceptors (Lipinski definition) is 10. The van der Waals surface area contributed by atoms with Crippen LogP contribution >= 0.6 is 0 Å². The number of carbonyl (C=O) groups is 3. The van der Waals surface area contributed by atoms with E-state index in [2.05, 4.69) is 36.4 Å². The van der Waals surface area contributed by atoms with Crippen LogP contribution in [-0.4, -0.2) is 115 Å². The molecule has 3 saturated carbocycles. The maximum Gasteiger partial charge on any atom is 0.252 e. The molecule has 1 saturated heterocycles. The van der Waals surface area contributed by atoms with Gasteiger partial charge in [-0.05, 0) is 84.4 Å². The smallest absolute Gasteiger partial charge is 0.252 e. The molecular formula is C44H60N6O7. The first kappa shape index (κ1) is 42.1. The summed E-state index contributed by atoms with van der Waals surface area (Å²) >= 11 is 0. The molecule has 1 aliphatic heterocycles. The van der Waals surface area contributed by atoms with Crippen molar-refractivity contribution >= 4 is 23.4 Å². The van der Waals surface area contributed by atoms with Crippen molar-refractivity contribution in [1.29, 1.82) is 0 Å². The third-order valence-electron chi connectivity index (χ3n) is 12.9. The number of hydroxylamine groups is 2. The zero-order valence-corrected chi connectivity index (χ0v) is 34.7. The Bertz CT molecular complexity index is 1920. The Morgan fingerprint density at radius 2 is 1.79 bits per heavy atom. The van der Waals surface area contributed by atoms with E-state index in [1.807, 2.05) is 55.4 Å². The number of ether oxygens (including phenoxy) is 1. The molecule has 0 unspecified atom stereocenters. The lowest BCUT2D eigenvalue weighted by Gasteiger charge is -2.62. The van der Waals surface area contributed by atoms with Crippen molar-refractivity contribution in [3.8, 4) is 16.9 Å². The number of aliphatic hydroxyl groups is 2. The fourth-order valence-electron chi connectivity index (χ4n) is 9.49. The first-order chi connectivity index (χ1) is 27.0. The highest BCUT2D eigenvalue weighted by atomic mass is 16.7. The summed E-state index contributed by atoms with van der Waals surface area (Å²) in [5.41, 5.74) is 4.37. The second-order valence-electron chi connectivity index (χ2n) is 17.2. The average molecular weight is 785 g/mol. The summed E-state index contributed by atoms with van der Waals surface area (Å²) in [5, 5.41) is 29.2. The lowest BCUT2D eigenvalue weighted by molar-refractivity contribution is -0.183. The normalized spacial score (nSPS) is 26.1. The lowest BCUT2D eigenvalue weighted by atomic mass is 9.45. The van der Waals surface area contributed by atoms with E-state index in [-0.39, 0.29) is 36.4 Å². The number of methoxy groups -OCH3 is 1. The minimum atomic E-state index is -0.928. The summed E-state index contributed by atoms with van der Waals surface area (Å²) < 4.78 is 6.07. The molecule has 1 aromatic heterocycles. The molecule has 57 heavy (non-hydrogen) atoms. The van der Waals surface area contributed by atoms with E-state index in [1.54, 1.807) is 57.7 Å². The standard InChI is InChI=1S/C44H60N6O7/c1-25-34-21-31(44(34,3)4)22-35(25)46-42(54)39-38(26(2)52)37(24-51)57-50(39)23-28-11-10-12-33(40(28)56-9)29-18-30(20-32(19-29)48(5)6)41(53)47-36(43(55)49(7)8)17-27-13-15-45-16-14-27/h10-16,18-20,25-26,31,34-39,51-52H,17,21-24H2,1-9H3,(H,46,54)(H,47,53)/t25-,26-,31+,34-,35-,36-,37-,38-,39-/m0/s1. The van der Waals surface area contributed by atoms with Crippen molar-refractivity contribution in [3.05, 3.63) is 77.6 Å². The molecule has 4 N–H and O–H groups in total. The van der Waals surface area contributed by atoms with Gasteiger partial charge in [-0.15, -0.1) is 0 Å². The van der Waals surface area contributed by atoms with Crippen LogP contribution in [0.5, 0.6) is 5.75 Å². The number of carbonyl (C=O) groups excluding carboxylic acids is 3. The van der Waals surface area contributed by atoms with Gasteiger partial charge in [0.25, 0.3) is 5.91 Å². The second kappa shape index (κ2) is 17.1. The average Bonchev–Trinajstić information content (AvgIpc) is 3.56. The molecule has 4 fully saturated rings. The van der Waals surface area contributed by atoms with Crippen LogP contribution in [-0.2, 0) is 27.4 Å². The highest BCUT2D eigenvalue weighted by molar-refractivity contribution is 5.99. The van der Waals surface area contributed by atoms with Crippen LogP contribution in [0.3, 0.4) is 0 Å². The van der Waals surface area contributed by atoms with Crippen molar-refractivity contribution in [2.24, 2.45) is 29.1 Å². The highest BCUT2D eigenvalue weighted by Gasteiger charge is 2.57. The van der Waals surface area contributed by atoms with E-state index in [1.165, 1.54) is 11.3 Å². The molecule has 3 aromatic rings. The molecule has 4 aliphatic rings. The summed E-state index contributed by atoms with van der Waals surface area (Å²) in [5.74, 6) is 0.378. The van der Waals surface area contributed by atoms with Gasteiger partial charge in [0.2, 0.25) is 11.8 Å². The van der Waals surface area contributed by atoms with Gasteiger partial charge >= 0.3 is 0 Å². The van der Waals surface area contributed by atoms with Gasteiger partial charge in [0, 0.05) is 81.3 Å². The van der Waals surface area contributed by atoms with Gasteiger partial charge in [0.05, 0.1) is 26.4 Å². The second-order valence-corrected chi connectivity index (χ2v) is 17.2. The number of likely N-dealkylation sites (N-methyl/N-ethyl adjacent to an activating group) is 1. The van der Waals surface area contributed by atoms with E-state index in [0.29, 0.717) is 52.2 Å². The molecule has 0 spiro atoms. The summed E-state index contributed by atoms with van der Waals surface area (Å²) in [6.07, 6.45) is 3.99. The maximum atomic E-state index is 14.3. The molecule has 13 heteroatoms. The largest absolute Gasteiger partial charge is 0.496 e. The molecule has 2 heterocycles. The Balaban J connectivity index is 1.29. The molecule has 2 bridgehead atoms. The fraction of sp³-hybridized carbons (Fsp3) is 0.545. The topological polar surface area (TPSA) is 157 Å². The van der Waals surface area contributed by atoms with Crippen LogP contribution in [0.1, 0.15) is 62.0 Å². The van der Waals surface area contributed by atoms with E-state index in [4.69, 9.17) is 9.57 Å². The number of amides is 3. The number of rotatable bonds is 14. The molecule has 2 aromatic carbocycles. The van der Waals surface area contributed by atoms with Crippen LogP contribution in [0, 0.1) is 29.1 Å². The minimum absolute atomic E-state index is 0.0131. The predicted molar refractivity (Wildman–Crippen MR) is 218 cm³/mol. The SMILES string of the molecule is COc1c(CN2O[C@@H](CO)[C@H]([C@H](C)O)[C@H]2C(=O)N[C@H]2C[C@H]3C[C@@H]([C@@H]2C)C3(C)C)cccc1-c1cc(C(=O)N[C@@H](Cc2ccncc2)C(=O)N(C)C)cc(N(C)C)c1. The lowest BCUT2D eigenvalue weighted by Crippen LogP contribution is -2.62. The summed E-state index contributed by atoms with van der Waals surface area (Å²) in [6.45, 7) is 8.26. The number of fused-ring (bicyclic) bond motifs is 2. The van der Waals surface area contributed by atoms with Gasteiger partial charge < -0.3 is 35.4 Å². The van der Waals surface area contributed by atoms with Crippen LogP contribution in [0.2, 0.25) is 0 Å². The van der Waals surface area contributed by atoms with Crippen molar-refractivity contribution in [2.75, 3.05) is 46.8 Å². The maximum absolute atomic E-state index is 14.3. The van der Waals surface area contributed by atoms with Gasteiger partial charge in [-0.1, -0.05) is 39.0 Å². The van der Waals surface area contributed by atoms with E-state index < -0.39 is 36.1 Å². The Hall–Kier alpha value is -4.56. The molecule has 7 rings (SSSR count). The van der Waals surface area contributed by atoms with Gasteiger partial charge in [0.15, 0.2) is 0 Å². The van der Waals surface area contributed by atoms with E-state index in [0.717, 1.165) is 17.7 Å². The molecule has 13 nitrogen and oxygen atoms in total. The van der Waals surface area contributed by atoms with Crippen molar-refractivity contribution in [3.63, 3.8) is 0 Å². The zero-order valence-electron chi connectivity index (χ0n) is 34.7. The molecule has 9 atom stereocenters.